The summed E-state index contributed by atoms with van der Waals surface area (Å²) in [5.74, 6) is 1.36. The first kappa shape index (κ1) is 14.7. The lowest BCUT2D eigenvalue weighted by molar-refractivity contribution is 0.259. The van der Waals surface area contributed by atoms with E-state index in [4.69, 9.17) is 33.7 Å². The van der Waals surface area contributed by atoms with Crippen LogP contribution < -0.4 is 10.5 Å². The minimum Gasteiger partial charge on any atom is -0.493 e. The van der Waals surface area contributed by atoms with Gasteiger partial charge in [-0.05, 0) is 42.0 Å². The number of ether oxygens (including phenoxy) is 1. The zero-order valence-electron chi connectivity index (χ0n) is 11.6. The fraction of sp³-hybridized carbons (Fsp3) is 0.294. The number of benzene rings is 2. The van der Waals surface area contributed by atoms with Crippen LogP contribution in [0.1, 0.15) is 35.9 Å². The molecule has 0 aliphatic carbocycles. The van der Waals surface area contributed by atoms with Gasteiger partial charge in [0.15, 0.2) is 0 Å². The van der Waals surface area contributed by atoms with E-state index in [1.165, 1.54) is 5.56 Å². The molecule has 0 fully saturated rings. The zero-order valence-corrected chi connectivity index (χ0v) is 13.1. The van der Waals surface area contributed by atoms with Crippen molar-refractivity contribution in [3.8, 4) is 5.75 Å². The summed E-state index contributed by atoms with van der Waals surface area (Å²) in [6.45, 7) is 0.734. The van der Waals surface area contributed by atoms with Gasteiger partial charge in [-0.1, -0.05) is 53.5 Å². The second-order valence-electron chi connectivity index (χ2n) is 5.36. The Labute approximate surface area is 134 Å². The molecule has 2 atom stereocenters. The largest absolute Gasteiger partial charge is 0.493 e. The van der Waals surface area contributed by atoms with Crippen molar-refractivity contribution in [1.82, 2.24) is 0 Å². The number of hydrogen-bond acceptors (Lipinski definition) is 2. The maximum atomic E-state index is 6.37. The van der Waals surface area contributed by atoms with Crippen molar-refractivity contribution in [2.75, 3.05) is 6.61 Å². The van der Waals surface area contributed by atoms with E-state index in [0.717, 1.165) is 30.8 Å². The van der Waals surface area contributed by atoms with Gasteiger partial charge < -0.3 is 10.5 Å². The Bertz CT molecular complexity index is 644. The second kappa shape index (κ2) is 6.27. The van der Waals surface area contributed by atoms with Gasteiger partial charge in [0.2, 0.25) is 0 Å². The molecule has 0 radical (unpaired) electrons. The fourth-order valence-electron chi connectivity index (χ4n) is 2.90. The van der Waals surface area contributed by atoms with Crippen molar-refractivity contribution in [2.24, 2.45) is 5.73 Å². The molecule has 0 saturated carbocycles. The standard InChI is InChI=1S/C17H17Cl2NO/c18-14-6-3-5-13(17(14)19)15(20)10-11-8-9-21-16-7-2-1-4-12(11)16/h1-7,11,15H,8-10,20H2. The summed E-state index contributed by atoms with van der Waals surface area (Å²) in [6, 6.07) is 13.7. The Morgan fingerprint density at radius 3 is 2.81 bits per heavy atom. The Balaban J connectivity index is 1.83. The summed E-state index contributed by atoms with van der Waals surface area (Å²) in [6.07, 6.45) is 1.81. The third kappa shape index (κ3) is 3.03. The number of halogens is 2. The van der Waals surface area contributed by atoms with E-state index >= 15 is 0 Å². The van der Waals surface area contributed by atoms with Gasteiger partial charge >= 0.3 is 0 Å². The minimum atomic E-state index is -0.132. The SMILES string of the molecule is NC(CC1CCOc2ccccc21)c1cccc(Cl)c1Cl. The van der Waals surface area contributed by atoms with E-state index in [1.807, 2.05) is 30.3 Å². The van der Waals surface area contributed by atoms with Crippen LogP contribution in [-0.4, -0.2) is 6.61 Å². The Morgan fingerprint density at radius 1 is 1.14 bits per heavy atom. The lowest BCUT2D eigenvalue weighted by atomic mass is 9.86. The van der Waals surface area contributed by atoms with Gasteiger partial charge in [-0.25, -0.2) is 0 Å². The number of rotatable bonds is 3. The summed E-state index contributed by atoms with van der Waals surface area (Å²) in [5.41, 5.74) is 8.51. The molecule has 1 aliphatic heterocycles. The average Bonchev–Trinajstić information content (AvgIpc) is 2.50. The van der Waals surface area contributed by atoms with Crippen LogP contribution in [0.15, 0.2) is 42.5 Å². The molecule has 1 aliphatic rings. The number of fused-ring (bicyclic) bond motifs is 1. The Morgan fingerprint density at radius 2 is 1.95 bits per heavy atom. The Kier molecular flexibility index (Phi) is 4.39. The van der Waals surface area contributed by atoms with Gasteiger partial charge in [0.1, 0.15) is 5.75 Å². The van der Waals surface area contributed by atoms with E-state index in [-0.39, 0.29) is 6.04 Å². The lowest BCUT2D eigenvalue weighted by Crippen LogP contribution is -2.20. The molecule has 0 aromatic heterocycles. The molecule has 0 bridgehead atoms. The predicted molar refractivity (Wildman–Crippen MR) is 87.3 cm³/mol. The first-order chi connectivity index (χ1) is 10.2. The zero-order chi connectivity index (χ0) is 14.8. The monoisotopic (exact) mass is 321 g/mol. The van der Waals surface area contributed by atoms with Crippen LogP contribution in [0.3, 0.4) is 0 Å². The van der Waals surface area contributed by atoms with Crippen LogP contribution in [0.2, 0.25) is 10.0 Å². The van der Waals surface area contributed by atoms with E-state index in [9.17, 15) is 0 Å². The van der Waals surface area contributed by atoms with Crippen molar-refractivity contribution >= 4 is 23.2 Å². The fourth-order valence-corrected chi connectivity index (χ4v) is 3.35. The summed E-state index contributed by atoms with van der Waals surface area (Å²) in [7, 11) is 0. The molecule has 3 rings (SSSR count). The van der Waals surface area contributed by atoms with E-state index < -0.39 is 0 Å². The third-order valence-corrected chi connectivity index (χ3v) is 4.84. The van der Waals surface area contributed by atoms with Gasteiger partial charge in [0.05, 0.1) is 16.7 Å². The van der Waals surface area contributed by atoms with Crippen LogP contribution in [0.25, 0.3) is 0 Å². The topological polar surface area (TPSA) is 35.2 Å². The smallest absolute Gasteiger partial charge is 0.122 e. The molecular formula is C17H17Cl2NO. The molecule has 110 valence electrons. The highest BCUT2D eigenvalue weighted by molar-refractivity contribution is 6.42. The quantitative estimate of drug-likeness (QED) is 0.868. The average molecular weight is 322 g/mol. The molecule has 4 heteroatoms. The van der Waals surface area contributed by atoms with Gasteiger partial charge in [-0.2, -0.15) is 0 Å². The van der Waals surface area contributed by atoms with Gasteiger partial charge in [0.25, 0.3) is 0 Å². The van der Waals surface area contributed by atoms with Gasteiger partial charge in [-0.3, -0.25) is 0 Å². The third-order valence-electron chi connectivity index (χ3n) is 4.00. The summed E-state index contributed by atoms with van der Waals surface area (Å²) >= 11 is 12.3. The summed E-state index contributed by atoms with van der Waals surface area (Å²) in [4.78, 5) is 0. The van der Waals surface area contributed by atoms with Gasteiger partial charge in [-0.15, -0.1) is 0 Å². The summed E-state index contributed by atoms with van der Waals surface area (Å²) < 4.78 is 5.70. The lowest BCUT2D eigenvalue weighted by Gasteiger charge is -2.28. The minimum absolute atomic E-state index is 0.132. The van der Waals surface area contributed by atoms with Crippen molar-refractivity contribution in [3.63, 3.8) is 0 Å². The van der Waals surface area contributed by atoms with Crippen LogP contribution >= 0.6 is 23.2 Å². The predicted octanol–water partition coefficient (Wildman–Crippen LogP) is 4.95. The molecule has 1 heterocycles. The molecule has 2 aromatic rings. The molecule has 2 unspecified atom stereocenters. The second-order valence-corrected chi connectivity index (χ2v) is 6.14. The molecule has 0 amide bonds. The van der Waals surface area contributed by atoms with Crippen molar-refractivity contribution in [3.05, 3.63) is 63.6 Å². The highest BCUT2D eigenvalue weighted by atomic mass is 35.5. The molecule has 2 nitrogen and oxygen atoms in total. The molecule has 0 spiro atoms. The molecule has 2 aromatic carbocycles. The normalized spacial score (nSPS) is 18.7. The maximum absolute atomic E-state index is 6.37. The van der Waals surface area contributed by atoms with Crippen molar-refractivity contribution in [1.29, 1.82) is 0 Å². The summed E-state index contributed by atoms with van der Waals surface area (Å²) in [5, 5.41) is 1.11. The number of hydrogen-bond donors (Lipinski definition) is 1. The van der Waals surface area contributed by atoms with Crippen LogP contribution in [0.4, 0.5) is 0 Å². The number of para-hydroxylation sites is 1. The van der Waals surface area contributed by atoms with E-state index in [2.05, 4.69) is 6.07 Å². The maximum Gasteiger partial charge on any atom is 0.122 e. The van der Waals surface area contributed by atoms with Crippen LogP contribution in [-0.2, 0) is 0 Å². The van der Waals surface area contributed by atoms with Crippen LogP contribution in [0.5, 0.6) is 5.75 Å². The molecular weight excluding hydrogens is 305 g/mol. The first-order valence-corrected chi connectivity index (χ1v) is 7.83. The molecule has 0 saturated heterocycles. The van der Waals surface area contributed by atoms with Crippen LogP contribution in [0, 0.1) is 0 Å². The van der Waals surface area contributed by atoms with E-state index in [0.29, 0.717) is 16.0 Å². The van der Waals surface area contributed by atoms with Gasteiger partial charge in [0, 0.05) is 6.04 Å². The highest BCUT2D eigenvalue weighted by Crippen LogP contribution is 2.40. The number of nitrogens with two attached hydrogens (primary N) is 1. The van der Waals surface area contributed by atoms with Crippen molar-refractivity contribution < 1.29 is 4.74 Å². The highest BCUT2D eigenvalue weighted by Gasteiger charge is 2.24. The molecule has 2 N–H and O–H groups in total. The first-order valence-electron chi connectivity index (χ1n) is 7.08. The Hall–Kier alpha value is -1.22. The van der Waals surface area contributed by atoms with E-state index in [1.54, 1.807) is 6.07 Å². The molecule has 21 heavy (non-hydrogen) atoms. The van der Waals surface area contributed by atoms with Crippen molar-refractivity contribution in [2.45, 2.75) is 24.8 Å².